The average molecular weight is 386 g/mol. The molecule has 0 fully saturated rings. The topological polar surface area (TPSA) is 24.4 Å². The first-order valence-corrected chi connectivity index (χ1v) is 7.51. The maximum absolute atomic E-state index is 13.9. The van der Waals surface area contributed by atoms with E-state index in [2.05, 4.69) is 42.4 Å². The molecule has 2 nitrogen and oxygen atoms in total. The first-order chi connectivity index (χ1) is 9.22. The van der Waals surface area contributed by atoms with Gasteiger partial charge in [-0.15, -0.1) is 0 Å². The van der Waals surface area contributed by atoms with E-state index in [4.69, 9.17) is 0 Å². The number of anilines is 1. The highest BCUT2D eigenvalue weighted by Crippen LogP contribution is 2.23. The molecule has 0 bridgehead atoms. The van der Waals surface area contributed by atoms with Gasteiger partial charge in [0.15, 0.2) is 0 Å². The molecule has 5 heteroatoms. The van der Waals surface area contributed by atoms with Crippen LogP contribution in [0.3, 0.4) is 0 Å². The summed E-state index contributed by atoms with van der Waals surface area (Å²) in [5.74, 6) is -0.263. The van der Waals surface area contributed by atoms with Crippen molar-refractivity contribution in [3.63, 3.8) is 0 Å². The highest BCUT2D eigenvalue weighted by Gasteiger charge is 2.09. The molecule has 0 aliphatic heterocycles. The van der Waals surface area contributed by atoms with E-state index in [1.165, 1.54) is 0 Å². The van der Waals surface area contributed by atoms with Crippen molar-refractivity contribution >= 4 is 43.8 Å². The summed E-state index contributed by atoms with van der Waals surface area (Å²) in [5, 5.41) is 4.55. The summed E-state index contributed by atoms with van der Waals surface area (Å²) >= 11 is 6.46. The number of para-hydroxylation sites is 1. The first kappa shape index (κ1) is 14.2. The van der Waals surface area contributed by atoms with E-state index in [-0.39, 0.29) is 5.82 Å². The minimum absolute atomic E-state index is 0.263. The standard InChI is InChI=1S/C14H11Br2FN2/c15-8-12-10(6-7-13(16)14(12)17)9-18-19-11-4-2-1-3-5-11/h1-7,9,19H,8H2. The van der Waals surface area contributed by atoms with Gasteiger partial charge < -0.3 is 0 Å². The van der Waals surface area contributed by atoms with Crippen LogP contribution in [-0.4, -0.2) is 6.21 Å². The second-order valence-electron chi connectivity index (χ2n) is 3.80. The summed E-state index contributed by atoms with van der Waals surface area (Å²) in [7, 11) is 0. The van der Waals surface area contributed by atoms with Crippen molar-refractivity contribution in [1.29, 1.82) is 0 Å². The van der Waals surface area contributed by atoms with E-state index < -0.39 is 0 Å². The van der Waals surface area contributed by atoms with Crippen molar-refractivity contribution in [1.82, 2.24) is 0 Å². The summed E-state index contributed by atoms with van der Waals surface area (Å²) in [4.78, 5) is 0. The number of hydrogen-bond acceptors (Lipinski definition) is 2. The molecule has 0 unspecified atom stereocenters. The molecule has 0 atom stereocenters. The van der Waals surface area contributed by atoms with Gasteiger partial charge in [0.1, 0.15) is 5.82 Å². The molecule has 98 valence electrons. The Morgan fingerprint density at radius 1 is 1.16 bits per heavy atom. The Kier molecular flexibility index (Phi) is 5.10. The smallest absolute Gasteiger partial charge is 0.142 e. The van der Waals surface area contributed by atoms with Gasteiger partial charge in [0, 0.05) is 16.5 Å². The highest BCUT2D eigenvalue weighted by molar-refractivity contribution is 9.10. The fourth-order valence-corrected chi connectivity index (χ4v) is 2.49. The fraction of sp³-hybridized carbons (Fsp3) is 0.0714. The number of rotatable bonds is 4. The minimum atomic E-state index is -0.263. The Hall–Kier alpha value is -1.20. The van der Waals surface area contributed by atoms with Gasteiger partial charge in [-0.1, -0.05) is 40.2 Å². The normalized spacial score (nSPS) is 10.9. The molecule has 0 aliphatic carbocycles. The predicted octanol–water partition coefficient (Wildman–Crippen LogP) is 4.93. The zero-order chi connectivity index (χ0) is 13.7. The van der Waals surface area contributed by atoms with Crippen molar-refractivity contribution in [3.05, 3.63) is 63.9 Å². The maximum atomic E-state index is 13.9. The quantitative estimate of drug-likeness (QED) is 0.450. The number of benzene rings is 2. The van der Waals surface area contributed by atoms with Gasteiger partial charge in [-0.25, -0.2) is 4.39 Å². The SMILES string of the molecule is Fc1c(Br)ccc(C=NNc2ccccc2)c1CBr. The van der Waals surface area contributed by atoms with Crippen LogP contribution in [0.15, 0.2) is 52.0 Å². The van der Waals surface area contributed by atoms with Gasteiger partial charge in [0.25, 0.3) is 0 Å². The molecular weight excluding hydrogens is 375 g/mol. The molecule has 2 aromatic rings. The lowest BCUT2D eigenvalue weighted by atomic mass is 10.1. The Balaban J connectivity index is 2.17. The molecule has 2 rings (SSSR count). The molecule has 0 aromatic heterocycles. The molecule has 0 heterocycles. The van der Waals surface area contributed by atoms with Crippen molar-refractivity contribution in [2.24, 2.45) is 5.10 Å². The van der Waals surface area contributed by atoms with E-state index in [9.17, 15) is 4.39 Å². The van der Waals surface area contributed by atoms with Crippen LogP contribution in [0.5, 0.6) is 0 Å². The average Bonchev–Trinajstić information content (AvgIpc) is 2.44. The van der Waals surface area contributed by atoms with Crippen molar-refractivity contribution in [2.75, 3.05) is 5.43 Å². The summed E-state index contributed by atoms with van der Waals surface area (Å²) in [5.41, 5.74) is 5.10. The molecular formula is C14H11Br2FN2. The Labute approximate surface area is 128 Å². The van der Waals surface area contributed by atoms with Crippen LogP contribution in [0.25, 0.3) is 0 Å². The third kappa shape index (κ3) is 3.64. The zero-order valence-electron chi connectivity index (χ0n) is 9.91. The fourth-order valence-electron chi connectivity index (χ4n) is 1.55. The second kappa shape index (κ2) is 6.82. The Morgan fingerprint density at radius 3 is 2.58 bits per heavy atom. The van der Waals surface area contributed by atoms with Crippen molar-refractivity contribution in [2.45, 2.75) is 5.33 Å². The lowest BCUT2D eigenvalue weighted by molar-refractivity contribution is 0.610. The van der Waals surface area contributed by atoms with Gasteiger partial charge >= 0.3 is 0 Å². The minimum Gasteiger partial charge on any atom is -0.279 e. The van der Waals surface area contributed by atoms with Gasteiger partial charge in [-0.3, -0.25) is 5.43 Å². The molecule has 0 aliphatic rings. The van der Waals surface area contributed by atoms with Crippen molar-refractivity contribution < 1.29 is 4.39 Å². The first-order valence-electron chi connectivity index (χ1n) is 5.59. The summed E-state index contributed by atoms with van der Waals surface area (Å²) in [6.45, 7) is 0. The van der Waals surface area contributed by atoms with Crippen LogP contribution in [-0.2, 0) is 5.33 Å². The number of hydrogen-bond donors (Lipinski definition) is 1. The summed E-state index contributed by atoms with van der Waals surface area (Å²) in [6.07, 6.45) is 1.61. The predicted molar refractivity (Wildman–Crippen MR) is 84.4 cm³/mol. The third-order valence-corrected chi connectivity index (χ3v) is 3.71. The van der Waals surface area contributed by atoms with Crippen LogP contribution in [0.4, 0.5) is 10.1 Å². The molecule has 2 aromatic carbocycles. The number of nitrogens with one attached hydrogen (secondary N) is 1. The number of alkyl halides is 1. The molecule has 1 N–H and O–H groups in total. The van der Waals surface area contributed by atoms with Crippen LogP contribution in [0, 0.1) is 5.82 Å². The van der Waals surface area contributed by atoms with E-state index in [1.807, 2.05) is 36.4 Å². The molecule has 0 amide bonds. The molecule has 0 radical (unpaired) electrons. The lowest BCUT2D eigenvalue weighted by Crippen LogP contribution is -1.97. The van der Waals surface area contributed by atoms with E-state index >= 15 is 0 Å². The molecule has 0 spiro atoms. The van der Waals surface area contributed by atoms with Crippen LogP contribution >= 0.6 is 31.9 Å². The third-order valence-electron chi connectivity index (χ3n) is 2.54. The van der Waals surface area contributed by atoms with Gasteiger partial charge in [-0.2, -0.15) is 5.10 Å². The van der Waals surface area contributed by atoms with Gasteiger partial charge in [0.2, 0.25) is 0 Å². The molecule has 0 saturated carbocycles. The maximum Gasteiger partial charge on any atom is 0.142 e. The van der Waals surface area contributed by atoms with Gasteiger partial charge in [-0.05, 0) is 34.1 Å². The van der Waals surface area contributed by atoms with E-state index in [0.717, 1.165) is 11.3 Å². The van der Waals surface area contributed by atoms with Gasteiger partial charge in [0.05, 0.1) is 16.4 Å². The Bertz CT molecular complexity index is 585. The largest absolute Gasteiger partial charge is 0.279 e. The van der Waals surface area contributed by atoms with E-state index in [1.54, 1.807) is 12.3 Å². The summed E-state index contributed by atoms with van der Waals surface area (Å²) in [6, 6.07) is 13.1. The number of hydrazone groups is 1. The Morgan fingerprint density at radius 2 is 1.89 bits per heavy atom. The molecule has 0 saturated heterocycles. The second-order valence-corrected chi connectivity index (χ2v) is 5.21. The highest BCUT2D eigenvalue weighted by atomic mass is 79.9. The van der Waals surface area contributed by atoms with E-state index in [0.29, 0.717) is 15.4 Å². The summed E-state index contributed by atoms with van der Waals surface area (Å²) < 4.78 is 14.3. The molecule has 19 heavy (non-hydrogen) atoms. The number of nitrogens with zero attached hydrogens (tertiary/aromatic N) is 1. The van der Waals surface area contributed by atoms with Crippen molar-refractivity contribution in [3.8, 4) is 0 Å². The zero-order valence-corrected chi connectivity index (χ0v) is 13.1. The van der Waals surface area contributed by atoms with Crippen LogP contribution in [0.2, 0.25) is 0 Å². The monoisotopic (exact) mass is 384 g/mol. The van der Waals surface area contributed by atoms with Crippen LogP contribution in [0.1, 0.15) is 11.1 Å². The number of halogens is 3. The lowest BCUT2D eigenvalue weighted by Gasteiger charge is -2.05. The van der Waals surface area contributed by atoms with Crippen LogP contribution < -0.4 is 5.43 Å².